The van der Waals surface area contributed by atoms with Gasteiger partial charge in [-0.3, -0.25) is 0 Å². The van der Waals surface area contributed by atoms with E-state index in [0.717, 1.165) is 0 Å². The molecule has 0 radical (unpaired) electrons. The summed E-state index contributed by atoms with van der Waals surface area (Å²) in [6.07, 6.45) is 0.666. The number of methoxy groups -OCH3 is 1. The van der Waals surface area contributed by atoms with Gasteiger partial charge in [0.15, 0.2) is 0 Å². The first-order chi connectivity index (χ1) is 7.74. The minimum Gasteiger partial charge on any atom is -0.497 e. The molecular formula is C12H13FN2O. The number of hydrogen-bond donors (Lipinski definition) is 1. The van der Waals surface area contributed by atoms with Gasteiger partial charge in [-0.25, -0.2) is 4.39 Å². The van der Waals surface area contributed by atoms with Gasteiger partial charge in [0.05, 0.1) is 19.1 Å². The molecule has 0 bridgehead atoms. The Morgan fingerprint density at radius 1 is 1.56 bits per heavy atom. The Morgan fingerprint density at radius 3 is 2.94 bits per heavy atom. The first-order valence-corrected chi connectivity index (χ1v) is 5.21. The molecule has 16 heavy (non-hydrogen) atoms. The zero-order valence-electron chi connectivity index (χ0n) is 9.03. The number of nitriles is 1. The normalized spacial score (nSPS) is 24.1. The Hall–Kier alpha value is -1.60. The molecule has 2 unspecified atom stereocenters. The van der Waals surface area contributed by atoms with Crippen molar-refractivity contribution in [2.24, 2.45) is 5.92 Å². The SMILES string of the molecule is COc1ccc(C2CC(C#N)CN2)c(F)c1. The molecule has 4 heteroatoms. The standard InChI is InChI=1S/C12H13FN2O/c1-16-9-2-3-10(11(13)5-9)12-4-8(6-14)7-15-12/h2-3,5,8,12,15H,4,7H2,1H3. The lowest BCUT2D eigenvalue weighted by Crippen LogP contribution is -2.14. The van der Waals surface area contributed by atoms with Gasteiger partial charge < -0.3 is 10.1 Å². The molecule has 1 aromatic carbocycles. The topological polar surface area (TPSA) is 45.0 Å². The fourth-order valence-electron chi connectivity index (χ4n) is 1.99. The van der Waals surface area contributed by atoms with Crippen molar-refractivity contribution in [2.75, 3.05) is 13.7 Å². The van der Waals surface area contributed by atoms with Crippen LogP contribution in [0.5, 0.6) is 5.75 Å². The van der Waals surface area contributed by atoms with Crippen molar-refractivity contribution in [3.8, 4) is 11.8 Å². The minimum absolute atomic E-state index is 0.0218. The van der Waals surface area contributed by atoms with Crippen LogP contribution in [0.15, 0.2) is 18.2 Å². The second-order valence-corrected chi connectivity index (χ2v) is 3.91. The van der Waals surface area contributed by atoms with Crippen molar-refractivity contribution in [3.05, 3.63) is 29.6 Å². The van der Waals surface area contributed by atoms with E-state index in [1.165, 1.54) is 13.2 Å². The highest BCUT2D eigenvalue weighted by atomic mass is 19.1. The summed E-state index contributed by atoms with van der Waals surface area (Å²) >= 11 is 0. The predicted molar refractivity (Wildman–Crippen MR) is 57.4 cm³/mol. The molecule has 1 aliphatic heterocycles. The number of hydrogen-bond acceptors (Lipinski definition) is 3. The number of nitrogens with zero attached hydrogens (tertiary/aromatic N) is 1. The third-order valence-corrected chi connectivity index (χ3v) is 2.90. The Morgan fingerprint density at radius 2 is 2.38 bits per heavy atom. The van der Waals surface area contributed by atoms with Crippen LogP contribution in [0.25, 0.3) is 0 Å². The second kappa shape index (κ2) is 4.50. The van der Waals surface area contributed by atoms with Crippen LogP contribution in [0, 0.1) is 23.1 Å². The zero-order chi connectivity index (χ0) is 11.5. The monoisotopic (exact) mass is 220 g/mol. The molecule has 1 aliphatic rings. The van der Waals surface area contributed by atoms with Crippen molar-refractivity contribution in [3.63, 3.8) is 0 Å². The van der Waals surface area contributed by atoms with E-state index in [1.54, 1.807) is 12.1 Å². The van der Waals surface area contributed by atoms with E-state index < -0.39 is 0 Å². The quantitative estimate of drug-likeness (QED) is 0.829. The molecule has 1 fully saturated rings. The number of ether oxygens (including phenoxy) is 1. The molecule has 0 spiro atoms. The molecule has 84 valence electrons. The molecule has 1 saturated heterocycles. The van der Waals surface area contributed by atoms with E-state index in [2.05, 4.69) is 11.4 Å². The maximum atomic E-state index is 13.7. The first kappa shape index (κ1) is 10.9. The largest absolute Gasteiger partial charge is 0.497 e. The molecule has 0 amide bonds. The molecular weight excluding hydrogens is 207 g/mol. The highest BCUT2D eigenvalue weighted by Crippen LogP contribution is 2.30. The molecule has 0 aromatic heterocycles. The maximum absolute atomic E-state index is 13.7. The van der Waals surface area contributed by atoms with E-state index in [-0.39, 0.29) is 17.8 Å². The Balaban J connectivity index is 2.19. The summed E-state index contributed by atoms with van der Waals surface area (Å²) in [4.78, 5) is 0. The van der Waals surface area contributed by atoms with Crippen LogP contribution in [0.1, 0.15) is 18.0 Å². The fraction of sp³-hybridized carbons (Fsp3) is 0.417. The van der Waals surface area contributed by atoms with E-state index in [4.69, 9.17) is 10.00 Å². The van der Waals surface area contributed by atoms with E-state index >= 15 is 0 Å². The minimum atomic E-state index is -0.282. The van der Waals surface area contributed by atoms with Gasteiger partial charge in [-0.1, -0.05) is 6.07 Å². The van der Waals surface area contributed by atoms with E-state index in [0.29, 0.717) is 24.3 Å². The summed E-state index contributed by atoms with van der Waals surface area (Å²) in [6.45, 7) is 0.632. The predicted octanol–water partition coefficient (Wildman–Crippen LogP) is 2.01. The lowest BCUT2D eigenvalue weighted by Gasteiger charge is -2.12. The van der Waals surface area contributed by atoms with Gasteiger partial charge in [-0.05, 0) is 12.5 Å². The summed E-state index contributed by atoms with van der Waals surface area (Å²) in [5, 5.41) is 11.9. The fourth-order valence-corrected chi connectivity index (χ4v) is 1.99. The van der Waals surface area contributed by atoms with Crippen LogP contribution in [-0.2, 0) is 0 Å². The van der Waals surface area contributed by atoms with Gasteiger partial charge in [-0.2, -0.15) is 5.26 Å². The molecule has 1 N–H and O–H groups in total. The molecule has 3 nitrogen and oxygen atoms in total. The first-order valence-electron chi connectivity index (χ1n) is 5.21. The smallest absolute Gasteiger partial charge is 0.131 e. The summed E-state index contributed by atoms with van der Waals surface area (Å²) in [5.41, 5.74) is 0.610. The average molecular weight is 220 g/mol. The number of halogens is 1. The van der Waals surface area contributed by atoms with Gasteiger partial charge in [0.2, 0.25) is 0 Å². The van der Waals surface area contributed by atoms with Crippen LogP contribution in [0.3, 0.4) is 0 Å². The zero-order valence-corrected chi connectivity index (χ0v) is 9.03. The highest BCUT2D eigenvalue weighted by Gasteiger charge is 2.26. The summed E-state index contributed by atoms with van der Waals surface area (Å²) < 4.78 is 18.7. The molecule has 2 atom stereocenters. The molecule has 1 aromatic rings. The Kier molecular flexibility index (Phi) is 3.07. The number of benzene rings is 1. The van der Waals surface area contributed by atoms with Crippen LogP contribution in [0.2, 0.25) is 0 Å². The average Bonchev–Trinajstić information content (AvgIpc) is 2.77. The van der Waals surface area contributed by atoms with Crippen molar-refractivity contribution < 1.29 is 9.13 Å². The summed E-state index contributed by atoms with van der Waals surface area (Å²) in [6, 6.07) is 6.96. The van der Waals surface area contributed by atoms with Gasteiger partial charge in [0.25, 0.3) is 0 Å². The third kappa shape index (κ3) is 2.00. The molecule has 0 saturated carbocycles. The van der Waals surface area contributed by atoms with Gasteiger partial charge >= 0.3 is 0 Å². The maximum Gasteiger partial charge on any atom is 0.131 e. The van der Waals surface area contributed by atoms with Gasteiger partial charge in [-0.15, -0.1) is 0 Å². The Bertz CT molecular complexity index is 428. The van der Waals surface area contributed by atoms with Crippen LogP contribution in [-0.4, -0.2) is 13.7 Å². The summed E-state index contributed by atoms with van der Waals surface area (Å²) in [7, 11) is 1.51. The highest BCUT2D eigenvalue weighted by molar-refractivity contribution is 5.31. The van der Waals surface area contributed by atoms with Crippen LogP contribution < -0.4 is 10.1 Å². The molecule has 1 heterocycles. The number of rotatable bonds is 2. The lowest BCUT2D eigenvalue weighted by molar-refractivity contribution is 0.409. The second-order valence-electron chi connectivity index (χ2n) is 3.91. The van der Waals surface area contributed by atoms with Gasteiger partial charge in [0.1, 0.15) is 11.6 Å². The molecule has 0 aliphatic carbocycles. The van der Waals surface area contributed by atoms with Crippen LogP contribution >= 0.6 is 0 Å². The van der Waals surface area contributed by atoms with Crippen molar-refractivity contribution in [2.45, 2.75) is 12.5 Å². The Labute approximate surface area is 93.8 Å². The van der Waals surface area contributed by atoms with Crippen molar-refractivity contribution in [1.82, 2.24) is 5.32 Å². The molecule has 2 rings (SSSR count). The van der Waals surface area contributed by atoms with Crippen LogP contribution in [0.4, 0.5) is 4.39 Å². The van der Waals surface area contributed by atoms with Gasteiger partial charge in [0, 0.05) is 24.2 Å². The van der Waals surface area contributed by atoms with E-state index in [1.807, 2.05) is 0 Å². The number of nitrogens with one attached hydrogen (secondary N) is 1. The lowest BCUT2D eigenvalue weighted by atomic mass is 10.0. The summed E-state index contributed by atoms with van der Waals surface area (Å²) in [5.74, 6) is 0.207. The van der Waals surface area contributed by atoms with Crippen molar-refractivity contribution in [1.29, 1.82) is 5.26 Å². The third-order valence-electron chi connectivity index (χ3n) is 2.90. The van der Waals surface area contributed by atoms with E-state index in [9.17, 15) is 4.39 Å². The van der Waals surface area contributed by atoms with Crippen molar-refractivity contribution >= 4 is 0 Å².